The molecule has 19 heavy (non-hydrogen) atoms. The van der Waals surface area contributed by atoms with Gasteiger partial charge in [-0.1, -0.05) is 0 Å². The van der Waals surface area contributed by atoms with Gasteiger partial charge in [0.25, 0.3) is 0 Å². The maximum atomic E-state index is 5.54. The molecule has 0 aromatic rings. The van der Waals surface area contributed by atoms with Crippen LogP contribution in [-0.4, -0.2) is 75.4 Å². The van der Waals surface area contributed by atoms with Crippen LogP contribution in [0.25, 0.3) is 0 Å². The Morgan fingerprint density at radius 1 is 1.32 bits per heavy atom. The van der Waals surface area contributed by atoms with E-state index in [1.54, 1.807) is 0 Å². The number of nitrogens with zero attached hydrogens (tertiary/aromatic N) is 2. The normalized spacial score (nSPS) is 28.7. The van der Waals surface area contributed by atoms with Crippen LogP contribution < -0.4 is 5.32 Å². The minimum Gasteiger partial charge on any atom is -0.379 e. The van der Waals surface area contributed by atoms with E-state index < -0.39 is 0 Å². The van der Waals surface area contributed by atoms with Crippen molar-refractivity contribution in [3.8, 4) is 0 Å². The lowest BCUT2D eigenvalue weighted by molar-refractivity contribution is 0.0551. The van der Waals surface area contributed by atoms with Crippen LogP contribution in [0.1, 0.15) is 26.2 Å². The van der Waals surface area contributed by atoms with Crippen molar-refractivity contribution in [3.63, 3.8) is 0 Å². The van der Waals surface area contributed by atoms with Gasteiger partial charge in [-0.05, 0) is 59.3 Å². The second kappa shape index (κ2) is 7.58. The molecule has 0 bridgehead atoms. The first-order chi connectivity index (χ1) is 9.15. The fraction of sp³-hybridized carbons (Fsp3) is 1.00. The molecule has 2 heterocycles. The number of hydrogen-bond acceptors (Lipinski definition) is 4. The number of piperidine rings is 1. The highest BCUT2D eigenvalue weighted by Crippen LogP contribution is 2.21. The first-order valence-corrected chi connectivity index (χ1v) is 7.85. The average molecular weight is 269 g/mol. The predicted octanol–water partition coefficient (Wildman–Crippen LogP) is 1.03. The summed E-state index contributed by atoms with van der Waals surface area (Å²) in [5.74, 6) is 0.898. The summed E-state index contributed by atoms with van der Waals surface area (Å²) < 4.78 is 5.54. The van der Waals surface area contributed by atoms with Gasteiger partial charge in [0.05, 0.1) is 13.2 Å². The summed E-state index contributed by atoms with van der Waals surface area (Å²) in [4.78, 5) is 5.00. The molecule has 2 atom stereocenters. The van der Waals surface area contributed by atoms with E-state index in [1.165, 1.54) is 38.9 Å². The SMILES string of the molecule is CC(CC1COCCN1)N1CCC(CN(C)C)CC1. The Morgan fingerprint density at radius 3 is 2.63 bits per heavy atom. The Balaban J connectivity index is 1.68. The Labute approximate surface area is 118 Å². The van der Waals surface area contributed by atoms with Crippen molar-refractivity contribution in [1.29, 1.82) is 0 Å². The predicted molar refractivity (Wildman–Crippen MR) is 79.5 cm³/mol. The van der Waals surface area contributed by atoms with Crippen LogP contribution in [0.4, 0.5) is 0 Å². The lowest BCUT2D eigenvalue weighted by Gasteiger charge is -2.38. The average Bonchev–Trinajstić information content (AvgIpc) is 2.40. The van der Waals surface area contributed by atoms with E-state index >= 15 is 0 Å². The smallest absolute Gasteiger partial charge is 0.0620 e. The summed E-state index contributed by atoms with van der Waals surface area (Å²) in [6, 6.07) is 1.24. The monoisotopic (exact) mass is 269 g/mol. The molecule has 2 aliphatic rings. The molecule has 0 spiro atoms. The molecule has 4 heteroatoms. The van der Waals surface area contributed by atoms with E-state index in [9.17, 15) is 0 Å². The van der Waals surface area contributed by atoms with Crippen LogP contribution in [0.2, 0.25) is 0 Å². The molecule has 1 N–H and O–H groups in total. The largest absolute Gasteiger partial charge is 0.379 e. The minimum atomic E-state index is 0.559. The Morgan fingerprint density at radius 2 is 2.05 bits per heavy atom. The van der Waals surface area contributed by atoms with Crippen LogP contribution in [-0.2, 0) is 4.74 Å². The van der Waals surface area contributed by atoms with Crippen molar-refractivity contribution in [3.05, 3.63) is 0 Å². The summed E-state index contributed by atoms with van der Waals surface area (Å²) >= 11 is 0. The summed E-state index contributed by atoms with van der Waals surface area (Å²) in [5.41, 5.74) is 0. The standard InChI is InChI=1S/C15H31N3O/c1-13(10-15-12-19-9-6-16-15)18-7-4-14(5-8-18)11-17(2)3/h13-16H,4-12H2,1-3H3. The number of nitrogens with one attached hydrogen (secondary N) is 1. The fourth-order valence-corrected chi connectivity index (χ4v) is 3.42. The first kappa shape index (κ1) is 15.2. The maximum Gasteiger partial charge on any atom is 0.0620 e. The third-order valence-electron chi connectivity index (χ3n) is 4.52. The van der Waals surface area contributed by atoms with E-state index in [2.05, 4.69) is 36.1 Å². The molecule has 2 rings (SSSR count). The Bertz CT molecular complexity index is 246. The second-order valence-electron chi connectivity index (χ2n) is 6.55. The summed E-state index contributed by atoms with van der Waals surface area (Å²) in [6.45, 7) is 8.95. The van der Waals surface area contributed by atoms with Crippen molar-refractivity contribution in [2.75, 3.05) is 53.5 Å². The number of rotatable bonds is 5. The molecule has 0 aromatic heterocycles. The van der Waals surface area contributed by atoms with Crippen LogP contribution >= 0.6 is 0 Å². The van der Waals surface area contributed by atoms with Crippen molar-refractivity contribution in [2.24, 2.45) is 5.92 Å². The van der Waals surface area contributed by atoms with Gasteiger partial charge in [-0.15, -0.1) is 0 Å². The molecular formula is C15H31N3O. The van der Waals surface area contributed by atoms with Crippen LogP contribution in [0.15, 0.2) is 0 Å². The van der Waals surface area contributed by atoms with E-state index in [0.717, 1.165) is 25.7 Å². The summed E-state index contributed by atoms with van der Waals surface area (Å²) in [6.07, 6.45) is 3.94. The van der Waals surface area contributed by atoms with Gasteiger partial charge >= 0.3 is 0 Å². The third kappa shape index (κ3) is 5.03. The van der Waals surface area contributed by atoms with Gasteiger partial charge in [-0.25, -0.2) is 0 Å². The van der Waals surface area contributed by atoms with Crippen molar-refractivity contribution < 1.29 is 4.74 Å². The number of ether oxygens (including phenoxy) is 1. The third-order valence-corrected chi connectivity index (χ3v) is 4.52. The molecule has 2 fully saturated rings. The Kier molecular flexibility index (Phi) is 6.07. The van der Waals surface area contributed by atoms with Gasteiger partial charge in [0.1, 0.15) is 0 Å². The van der Waals surface area contributed by atoms with E-state index in [1.807, 2.05) is 0 Å². The van der Waals surface area contributed by atoms with Gasteiger partial charge in [0.2, 0.25) is 0 Å². The molecule has 0 saturated carbocycles. The van der Waals surface area contributed by atoms with Crippen molar-refractivity contribution in [1.82, 2.24) is 15.1 Å². The van der Waals surface area contributed by atoms with Gasteiger partial charge in [-0.2, -0.15) is 0 Å². The molecule has 0 amide bonds. The fourth-order valence-electron chi connectivity index (χ4n) is 3.42. The summed E-state index contributed by atoms with van der Waals surface area (Å²) in [5, 5.41) is 3.57. The number of hydrogen-bond donors (Lipinski definition) is 1. The molecular weight excluding hydrogens is 238 g/mol. The van der Waals surface area contributed by atoms with E-state index in [-0.39, 0.29) is 0 Å². The van der Waals surface area contributed by atoms with Crippen LogP contribution in [0.3, 0.4) is 0 Å². The van der Waals surface area contributed by atoms with E-state index in [4.69, 9.17) is 4.74 Å². The topological polar surface area (TPSA) is 27.7 Å². The molecule has 4 nitrogen and oxygen atoms in total. The quantitative estimate of drug-likeness (QED) is 0.807. The van der Waals surface area contributed by atoms with Crippen molar-refractivity contribution >= 4 is 0 Å². The molecule has 112 valence electrons. The molecule has 2 saturated heterocycles. The highest BCUT2D eigenvalue weighted by molar-refractivity contribution is 4.81. The zero-order valence-electron chi connectivity index (χ0n) is 12.9. The van der Waals surface area contributed by atoms with E-state index in [0.29, 0.717) is 12.1 Å². The molecule has 2 aliphatic heterocycles. The zero-order valence-corrected chi connectivity index (χ0v) is 12.9. The minimum absolute atomic E-state index is 0.559. The second-order valence-corrected chi connectivity index (χ2v) is 6.55. The molecule has 2 unspecified atom stereocenters. The van der Waals surface area contributed by atoms with Crippen LogP contribution in [0.5, 0.6) is 0 Å². The highest BCUT2D eigenvalue weighted by Gasteiger charge is 2.25. The Hall–Kier alpha value is -0.160. The lowest BCUT2D eigenvalue weighted by Crippen LogP contribution is -2.48. The number of likely N-dealkylation sites (tertiary alicyclic amines) is 1. The highest BCUT2D eigenvalue weighted by atomic mass is 16.5. The first-order valence-electron chi connectivity index (χ1n) is 7.85. The van der Waals surface area contributed by atoms with Crippen molar-refractivity contribution in [2.45, 2.75) is 38.3 Å². The summed E-state index contributed by atoms with van der Waals surface area (Å²) in [7, 11) is 4.37. The van der Waals surface area contributed by atoms with Gasteiger partial charge in [0.15, 0.2) is 0 Å². The lowest BCUT2D eigenvalue weighted by atomic mass is 9.94. The molecule has 0 aliphatic carbocycles. The van der Waals surface area contributed by atoms with Gasteiger partial charge in [0, 0.05) is 25.2 Å². The maximum absolute atomic E-state index is 5.54. The molecule has 0 aromatic carbocycles. The number of morpholine rings is 1. The van der Waals surface area contributed by atoms with Crippen LogP contribution in [0, 0.1) is 5.92 Å². The zero-order chi connectivity index (χ0) is 13.7. The van der Waals surface area contributed by atoms with Gasteiger partial charge in [-0.3, -0.25) is 0 Å². The van der Waals surface area contributed by atoms with Gasteiger partial charge < -0.3 is 19.9 Å². The molecule has 0 radical (unpaired) electrons.